The lowest BCUT2D eigenvalue weighted by atomic mass is 9.70. The number of ether oxygens (including phenoxy) is 3. The van der Waals surface area contributed by atoms with Gasteiger partial charge in [0.15, 0.2) is 11.5 Å². The number of methoxy groups -OCH3 is 1. The number of nitriles is 1. The summed E-state index contributed by atoms with van der Waals surface area (Å²) in [4.78, 5) is 17.0. The van der Waals surface area contributed by atoms with Crippen LogP contribution in [0.3, 0.4) is 0 Å². The van der Waals surface area contributed by atoms with Crippen LogP contribution >= 0.6 is 0 Å². The molecule has 0 radical (unpaired) electrons. The number of carbonyl (C=O) groups is 1. The van der Waals surface area contributed by atoms with E-state index in [-0.39, 0.29) is 42.9 Å². The summed E-state index contributed by atoms with van der Waals surface area (Å²) in [5.74, 6) is 2.41. The van der Waals surface area contributed by atoms with Crippen molar-refractivity contribution in [2.24, 2.45) is 0 Å². The molecular formula is C30H36N4O4. The van der Waals surface area contributed by atoms with Crippen molar-refractivity contribution in [1.29, 1.82) is 5.26 Å². The molecule has 8 heteroatoms. The number of carbonyl (C=O) groups excluding carboxylic acids is 1. The summed E-state index contributed by atoms with van der Waals surface area (Å²) in [6.45, 7) is 10.6. The number of fused-ring (bicyclic) bond motifs is 9. The van der Waals surface area contributed by atoms with Crippen LogP contribution in [0.2, 0.25) is 0 Å². The molecule has 1 unspecified atom stereocenters. The Bertz CT molecular complexity index is 1400. The Morgan fingerprint density at radius 3 is 2.53 bits per heavy atom. The van der Waals surface area contributed by atoms with Crippen molar-refractivity contribution in [3.8, 4) is 23.3 Å². The second-order valence-electron chi connectivity index (χ2n) is 11.3. The van der Waals surface area contributed by atoms with E-state index >= 15 is 0 Å². The molecule has 4 aliphatic heterocycles. The fourth-order valence-electron chi connectivity index (χ4n) is 7.81. The molecule has 2 aromatic rings. The highest BCUT2D eigenvalue weighted by molar-refractivity contribution is 5.73. The van der Waals surface area contributed by atoms with Gasteiger partial charge in [0.2, 0.25) is 12.7 Å². The summed E-state index contributed by atoms with van der Waals surface area (Å²) < 4.78 is 17.9. The summed E-state index contributed by atoms with van der Waals surface area (Å²) in [7, 11) is 3.91. The molecule has 38 heavy (non-hydrogen) atoms. The summed E-state index contributed by atoms with van der Waals surface area (Å²) >= 11 is 0. The fourth-order valence-corrected chi connectivity index (χ4v) is 7.81. The smallest absolute Gasteiger partial charge is 0.231 e. The van der Waals surface area contributed by atoms with Crippen molar-refractivity contribution in [2.75, 3.05) is 27.5 Å². The minimum absolute atomic E-state index is 0.0269. The Kier molecular flexibility index (Phi) is 5.85. The molecule has 8 nitrogen and oxygen atoms in total. The lowest BCUT2D eigenvalue weighted by Gasteiger charge is -2.60. The Morgan fingerprint density at radius 2 is 1.84 bits per heavy atom. The van der Waals surface area contributed by atoms with E-state index in [4.69, 9.17) is 14.2 Å². The van der Waals surface area contributed by atoms with E-state index in [0.29, 0.717) is 6.54 Å². The number of aryl methyl sites for hydroxylation is 1. The average molecular weight is 517 g/mol. The van der Waals surface area contributed by atoms with Crippen LogP contribution in [-0.2, 0) is 17.6 Å². The van der Waals surface area contributed by atoms with E-state index in [1.165, 1.54) is 27.8 Å². The van der Waals surface area contributed by atoms with Crippen LogP contribution in [0, 0.1) is 39.0 Å². The van der Waals surface area contributed by atoms with Crippen LogP contribution in [0.15, 0.2) is 6.07 Å². The maximum absolute atomic E-state index is 12.2. The second kappa shape index (κ2) is 8.89. The van der Waals surface area contributed by atoms with Crippen molar-refractivity contribution in [3.05, 3.63) is 50.6 Å². The largest absolute Gasteiger partial charge is 0.496 e. The Balaban J connectivity index is 1.60. The maximum atomic E-state index is 12.2. The van der Waals surface area contributed by atoms with Gasteiger partial charge in [-0.3, -0.25) is 14.6 Å². The predicted molar refractivity (Wildman–Crippen MR) is 143 cm³/mol. The Morgan fingerprint density at radius 1 is 1.11 bits per heavy atom. The highest BCUT2D eigenvalue weighted by Crippen LogP contribution is 2.55. The van der Waals surface area contributed by atoms with Crippen LogP contribution in [0.5, 0.6) is 17.2 Å². The minimum atomic E-state index is -0.344. The molecule has 1 amide bonds. The van der Waals surface area contributed by atoms with Crippen LogP contribution in [0.1, 0.15) is 63.5 Å². The zero-order chi connectivity index (χ0) is 27.0. The number of nitrogens with zero attached hydrogens (tertiary/aromatic N) is 3. The van der Waals surface area contributed by atoms with Gasteiger partial charge in [-0.05, 0) is 86.5 Å². The number of hydrogen-bond donors (Lipinski definition) is 1. The Hall–Kier alpha value is -3.28. The molecule has 4 heterocycles. The summed E-state index contributed by atoms with van der Waals surface area (Å²) in [5.41, 5.74) is 9.54. The van der Waals surface area contributed by atoms with Crippen molar-refractivity contribution in [3.63, 3.8) is 0 Å². The van der Waals surface area contributed by atoms with Gasteiger partial charge < -0.3 is 19.5 Å². The highest BCUT2D eigenvalue weighted by atomic mass is 16.7. The van der Waals surface area contributed by atoms with Gasteiger partial charge in [0.05, 0.1) is 25.3 Å². The Labute approximate surface area is 224 Å². The van der Waals surface area contributed by atoms with E-state index in [1.54, 1.807) is 14.0 Å². The van der Waals surface area contributed by atoms with Crippen LogP contribution < -0.4 is 19.5 Å². The normalized spacial score (nSPS) is 27.2. The van der Waals surface area contributed by atoms with Gasteiger partial charge in [-0.25, -0.2) is 0 Å². The molecule has 2 bridgehead atoms. The lowest BCUT2D eigenvalue weighted by Crippen LogP contribution is -2.69. The third-order valence-electron chi connectivity index (χ3n) is 9.48. The van der Waals surface area contributed by atoms with E-state index in [0.717, 1.165) is 46.8 Å². The quantitative estimate of drug-likeness (QED) is 0.668. The minimum Gasteiger partial charge on any atom is -0.496 e. The van der Waals surface area contributed by atoms with Gasteiger partial charge in [-0.2, -0.15) is 5.26 Å². The van der Waals surface area contributed by atoms with Gasteiger partial charge in [-0.1, -0.05) is 6.07 Å². The van der Waals surface area contributed by atoms with Crippen molar-refractivity contribution in [2.45, 2.75) is 77.7 Å². The number of amides is 1. The first-order valence-corrected chi connectivity index (χ1v) is 13.4. The number of nitrogens with one attached hydrogen (secondary N) is 1. The van der Waals surface area contributed by atoms with Crippen LogP contribution in [0.25, 0.3) is 0 Å². The summed E-state index contributed by atoms with van der Waals surface area (Å²) in [6, 6.07) is 4.55. The van der Waals surface area contributed by atoms with Gasteiger partial charge in [0.25, 0.3) is 0 Å². The molecule has 0 saturated carbocycles. The SMILES string of the molecule is COc1c(C)cc2c(c1C)[C@@H]1C3Cc4c(C)c(C)c5c(c4[C@H](CNC(C)=O)N3[C@@H](C#N)[C@@H](C2)N1C)OCO5. The lowest BCUT2D eigenvalue weighted by molar-refractivity contribution is -0.120. The average Bonchev–Trinajstić information content (AvgIpc) is 3.36. The standard InChI is InChI=1S/C30H36N4O4/c1-14-8-19-9-21-23(11-31)34-22(27(33(21)6)25(19)17(4)28(14)36-7)10-20-15(2)16(3)29-30(38-13-37-29)26(20)24(34)12-32-18(5)35/h8,21-24,27H,9-10,12-13H2,1-7H3,(H,32,35)/t21-,22?,23+,24+,27+/m1/s1. The molecule has 200 valence electrons. The zero-order valence-electron chi connectivity index (χ0n) is 23.3. The van der Waals surface area contributed by atoms with E-state index in [1.807, 2.05) is 0 Å². The third-order valence-corrected chi connectivity index (χ3v) is 9.48. The molecule has 4 aliphatic rings. The van der Waals surface area contributed by atoms with Crippen molar-refractivity contribution < 1.29 is 19.0 Å². The third kappa shape index (κ3) is 3.31. The number of piperazine rings is 1. The first kappa shape index (κ1) is 25.0. The molecule has 0 spiro atoms. The number of benzene rings is 2. The molecule has 1 saturated heterocycles. The van der Waals surface area contributed by atoms with E-state index in [9.17, 15) is 10.1 Å². The molecule has 6 rings (SSSR count). The molecule has 0 aromatic heterocycles. The zero-order valence-corrected chi connectivity index (χ0v) is 23.3. The first-order chi connectivity index (χ1) is 18.2. The number of hydrogen-bond acceptors (Lipinski definition) is 7. The van der Waals surface area contributed by atoms with Gasteiger partial charge >= 0.3 is 0 Å². The number of likely N-dealkylation sites (N-methyl/N-ethyl adjacent to an activating group) is 1. The predicted octanol–water partition coefficient (Wildman–Crippen LogP) is 3.57. The van der Waals surface area contributed by atoms with Gasteiger partial charge in [0.1, 0.15) is 11.8 Å². The summed E-state index contributed by atoms with van der Waals surface area (Å²) in [6.07, 6.45) is 1.57. The fraction of sp³-hybridized carbons (Fsp3) is 0.533. The van der Waals surface area contributed by atoms with Crippen LogP contribution in [-0.4, -0.2) is 61.3 Å². The molecule has 0 aliphatic carbocycles. The first-order valence-electron chi connectivity index (χ1n) is 13.4. The molecule has 1 N–H and O–H groups in total. The molecule has 1 fully saturated rings. The van der Waals surface area contributed by atoms with Crippen molar-refractivity contribution in [1.82, 2.24) is 15.1 Å². The van der Waals surface area contributed by atoms with Gasteiger partial charge in [0, 0.05) is 31.1 Å². The van der Waals surface area contributed by atoms with Crippen LogP contribution in [0.4, 0.5) is 0 Å². The van der Waals surface area contributed by atoms with Crippen molar-refractivity contribution >= 4 is 5.91 Å². The van der Waals surface area contributed by atoms with Gasteiger partial charge in [-0.15, -0.1) is 0 Å². The van der Waals surface area contributed by atoms with E-state index < -0.39 is 0 Å². The molecule has 5 atom stereocenters. The topological polar surface area (TPSA) is 87.1 Å². The highest BCUT2D eigenvalue weighted by Gasteiger charge is 2.56. The monoisotopic (exact) mass is 516 g/mol. The summed E-state index contributed by atoms with van der Waals surface area (Å²) in [5, 5.41) is 13.7. The molecule has 2 aromatic carbocycles. The number of rotatable bonds is 3. The maximum Gasteiger partial charge on any atom is 0.231 e. The second-order valence-corrected chi connectivity index (χ2v) is 11.3. The van der Waals surface area contributed by atoms with E-state index in [2.05, 4.69) is 62.0 Å². The molecular weight excluding hydrogens is 480 g/mol.